The third-order valence-electron chi connectivity index (χ3n) is 12.9. The van der Waals surface area contributed by atoms with Crippen LogP contribution >= 0.6 is 11.6 Å². The summed E-state index contributed by atoms with van der Waals surface area (Å²) < 4.78 is 99.4. The second kappa shape index (κ2) is 18.2. The quantitative estimate of drug-likeness (QED) is 0.105. The van der Waals surface area contributed by atoms with E-state index in [-0.39, 0.29) is 53.2 Å². The first-order chi connectivity index (χ1) is 31.4. The van der Waals surface area contributed by atoms with E-state index in [0.717, 1.165) is 19.4 Å². The summed E-state index contributed by atoms with van der Waals surface area (Å²) in [5.74, 6) is -0.875. The molecule has 0 saturated carbocycles. The summed E-state index contributed by atoms with van der Waals surface area (Å²) in [6.07, 6.45) is 2.03. The molecule has 18 heteroatoms. The van der Waals surface area contributed by atoms with Gasteiger partial charge in [0.05, 0.1) is 63.8 Å². The SMILES string of the molecule is COc1ccc(CN(Cc2ccc(OC)cc2OC)c2nc3c(-c4c(Cl)cc5c(N6CCCC(O)CC6)nc(OC[C@@]67CCCN6C[C@H](F)C7)nc5c4F)c(F)cc(F)c3o2)c(OC)c1. The van der Waals surface area contributed by atoms with Crippen molar-refractivity contribution in [3.8, 4) is 40.1 Å². The van der Waals surface area contributed by atoms with Gasteiger partial charge in [-0.05, 0) is 69.0 Å². The molecular formula is C47H49ClF4N6O7. The normalized spacial score (nSPS) is 20.0. The van der Waals surface area contributed by atoms with Crippen LogP contribution in [0.25, 0.3) is 33.1 Å². The van der Waals surface area contributed by atoms with Crippen molar-refractivity contribution in [1.29, 1.82) is 0 Å². The Morgan fingerprint density at radius 2 is 1.52 bits per heavy atom. The first-order valence-electron chi connectivity index (χ1n) is 21.5. The second-order valence-corrected chi connectivity index (χ2v) is 17.2. The van der Waals surface area contributed by atoms with E-state index in [2.05, 4.69) is 14.9 Å². The number of methoxy groups -OCH3 is 4. The van der Waals surface area contributed by atoms with E-state index in [9.17, 15) is 9.50 Å². The Labute approximate surface area is 377 Å². The summed E-state index contributed by atoms with van der Waals surface area (Å²) in [5, 5.41) is 10.5. The van der Waals surface area contributed by atoms with Crippen LogP contribution in [0, 0.1) is 17.5 Å². The molecule has 0 spiro atoms. The van der Waals surface area contributed by atoms with E-state index in [1.807, 2.05) is 4.90 Å². The van der Waals surface area contributed by atoms with Crippen LogP contribution in [0.2, 0.25) is 5.02 Å². The maximum Gasteiger partial charge on any atom is 0.319 e. The summed E-state index contributed by atoms with van der Waals surface area (Å²) in [6.45, 7) is 2.18. The number of halogens is 5. The van der Waals surface area contributed by atoms with Crippen molar-refractivity contribution in [3.05, 3.63) is 82.1 Å². The van der Waals surface area contributed by atoms with Crippen LogP contribution in [0.4, 0.5) is 29.4 Å². The fraction of sp³-hybridized carbons (Fsp3) is 0.426. The number of hydrogen-bond donors (Lipinski definition) is 1. The monoisotopic (exact) mass is 920 g/mol. The van der Waals surface area contributed by atoms with Crippen molar-refractivity contribution in [3.63, 3.8) is 0 Å². The number of anilines is 2. The molecule has 13 nitrogen and oxygen atoms in total. The molecule has 3 atom stereocenters. The molecule has 0 aliphatic carbocycles. The Kier molecular flexibility index (Phi) is 12.5. The molecule has 5 heterocycles. The van der Waals surface area contributed by atoms with Crippen LogP contribution in [0.5, 0.6) is 29.0 Å². The molecule has 2 aromatic heterocycles. The van der Waals surface area contributed by atoms with Crippen molar-refractivity contribution >= 4 is 45.4 Å². The maximum absolute atomic E-state index is 17.6. The number of aromatic nitrogens is 3. The lowest BCUT2D eigenvalue weighted by molar-refractivity contribution is 0.107. The average Bonchev–Trinajstić information content (AvgIpc) is 3.95. The minimum atomic E-state index is -1.15. The molecule has 0 amide bonds. The third-order valence-corrected chi connectivity index (χ3v) is 13.2. The highest BCUT2D eigenvalue weighted by Gasteiger charge is 2.49. The van der Waals surface area contributed by atoms with E-state index in [1.165, 1.54) is 34.5 Å². The van der Waals surface area contributed by atoms with E-state index in [4.69, 9.17) is 44.7 Å². The zero-order chi connectivity index (χ0) is 45.6. The largest absolute Gasteiger partial charge is 0.497 e. The molecule has 9 rings (SSSR count). The lowest BCUT2D eigenvalue weighted by atomic mass is 9.95. The zero-order valence-corrected chi connectivity index (χ0v) is 37.2. The number of aliphatic hydroxyl groups is 1. The molecular weight excluding hydrogens is 872 g/mol. The Morgan fingerprint density at radius 3 is 2.20 bits per heavy atom. The van der Waals surface area contributed by atoms with Crippen LogP contribution in [-0.2, 0) is 13.1 Å². The van der Waals surface area contributed by atoms with Crippen molar-refractivity contribution in [2.75, 3.05) is 71.0 Å². The van der Waals surface area contributed by atoms with Gasteiger partial charge in [0.15, 0.2) is 17.2 Å². The Bertz CT molecular complexity index is 2690. The standard InChI is InChI=1S/C47H49ClF4N6O7/c1-60-30-10-8-26(36(17-30)62-3)22-57(23-27-9-11-31(61-2)18-37(27)63-4)46-54-42-39(34(50)20-35(51)43(42)65-46)38-33(48)19-32-41(40(38)52)53-45(55-44(32)56-14-5-7-29(59)12-16-56)64-25-47-13-6-15-58(47)24-28(49)21-47/h8-11,17-20,28-29,59H,5-7,12-16,21-25H2,1-4H3/t28-,29?,47+/m1/s1. The van der Waals surface area contributed by atoms with Gasteiger partial charge in [0.1, 0.15) is 58.4 Å². The highest BCUT2D eigenvalue weighted by atomic mass is 35.5. The zero-order valence-electron chi connectivity index (χ0n) is 36.4. The average molecular weight is 921 g/mol. The van der Waals surface area contributed by atoms with Gasteiger partial charge in [-0.25, -0.2) is 17.6 Å². The van der Waals surface area contributed by atoms with E-state index in [0.29, 0.717) is 91.3 Å². The number of rotatable bonds is 14. The summed E-state index contributed by atoms with van der Waals surface area (Å²) in [6, 6.07) is 12.3. The molecule has 4 aromatic carbocycles. The fourth-order valence-electron chi connectivity index (χ4n) is 9.58. The van der Waals surface area contributed by atoms with Crippen LogP contribution in [0.1, 0.15) is 49.7 Å². The molecule has 344 valence electrons. The molecule has 6 aromatic rings. The number of fused-ring (bicyclic) bond motifs is 3. The third kappa shape index (κ3) is 8.49. The van der Waals surface area contributed by atoms with Crippen molar-refractivity contribution < 1.29 is 50.8 Å². The van der Waals surface area contributed by atoms with Crippen molar-refractivity contribution in [2.24, 2.45) is 0 Å². The van der Waals surface area contributed by atoms with Gasteiger partial charge in [-0.15, -0.1) is 0 Å². The van der Waals surface area contributed by atoms with Gasteiger partial charge < -0.3 is 43.0 Å². The number of ether oxygens (including phenoxy) is 5. The summed E-state index contributed by atoms with van der Waals surface area (Å²) >= 11 is 6.98. The molecule has 3 fully saturated rings. The first kappa shape index (κ1) is 44.4. The highest BCUT2D eigenvalue weighted by Crippen LogP contribution is 2.45. The fourth-order valence-corrected chi connectivity index (χ4v) is 9.86. The highest BCUT2D eigenvalue weighted by molar-refractivity contribution is 6.35. The molecule has 1 unspecified atom stereocenters. The molecule has 65 heavy (non-hydrogen) atoms. The van der Waals surface area contributed by atoms with Gasteiger partial charge in [-0.2, -0.15) is 15.0 Å². The lowest BCUT2D eigenvalue weighted by Crippen LogP contribution is -2.43. The first-order valence-corrected chi connectivity index (χ1v) is 21.9. The lowest BCUT2D eigenvalue weighted by Gasteiger charge is -2.31. The second-order valence-electron chi connectivity index (χ2n) is 16.8. The van der Waals surface area contributed by atoms with Gasteiger partial charge in [0.25, 0.3) is 6.01 Å². The summed E-state index contributed by atoms with van der Waals surface area (Å²) in [5.41, 5.74) is -1.10. The smallest absolute Gasteiger partial charge is 0.319 e. The minimum Gasteiger partial charge on any atom is -0.497 e. The topological polar surface area (TPSA) is 128 Å². The van der Waals surface area contributed by atoms with Gasteiger partial charge in [-0.1, -0.05) is 11.6 Å². The molecule has 3 aliphatic rings. The van der Waals surface area contributed by atoms with Crippen LogP contribution in [0.3, 0.4) is 0 Å². The van der Waals surface area contributed by atoms with Gasteiger partial charge in [0, 0.05) is 66.3 Å². The Hall–Kier alpha value is -5.78. The van der Waals surface area contributed by atoms with Crippen molar-refractivity contribution in [1.82, 2.24) is 19.9 Å². The van der Waals surface area contributed by atoms with Gasteiger partial charge in [0.2, 0.25) is 0 Å². The Balaban J connectivity index is 1.18. The predicted molar refractivity (Wildman–Crippen MR) is 237 cm³/mol. The summed E-state index contributed by atoms with van der Waals surface area (Å²) in [4.78, 5) is 19.7. The number of oxazole rings is 1. The van der Waals surface area contributed by atoms with Crippen LogP contribution < -0.4 is 33.5 Å². The van der Waals surface area contributed by atoms with E-state index >= 15 is 13.2 Å². The molecule has 1 N–H and O–H groups in total. The number of benzene rings is 4. The van der Waals surface area contributed by atoms with E-state index < -0.39 is 52.0 Å². The van der Waals surface area contributed by atoms with Crippen molar-refractivity contribution in [2.45, 2.75) is 69.4 Å². The molecule has 3 aliphatic heterocycles. The number of hydrogen-bond acceptors (Lipinski definition) is 13. The number of aliphatic hydroxyl groups excluding tert-OH is 1. The minimum absolute atomic E-state index is 0.0787. The maximum atomic E-state index is 17.6. The number of alkyl halides is 1. The molecule has 3 saturated heterocycles. The van der Waals surface area contributed by atoms with Gasteiger partial charge in [-0.3, -0.25) is 4.90 Å². The van der Waals surface area contributed by atoms with Crippen LogP contribution in [-0.4, -0.2) is 104 Å². The predicted octanol–water partition coefficient (Wildman–Crippen LogP) is 9.06. The molecule has 0 radical (unpaired) electrons. The number of nitrogens with zero attached hydrogens (tertiary/aromatic N) is 6. The summed E-state index contributed by atoms with van der Waals surface area (Å²) in [7, 11) is 6.10. The molecule has 0 bridgehead atoms. The van der Waals surface area contributed by atoms with Gasteiger partial charge >= 0.3 is 6.01 Å². The van der Waals surface area contributed by atoms with Crippen LogP contribution in [0.15, 0.2) is 52.9 Å². The Morgan fingerprint density at radius 1 is 0.815 bits per heavy atom. The van der Waals surface area contributed by atoms with E-state index in [1.54, 1.807) is 41.3 Å².